The topological polar surface area (TPSA) is 76.4 Å². The Morgan fingerprint density at radius 3 is 2.76 bits per heavy atom. The molecule has 0 aromatic heterocycles. The predicted octanol–water partition coefficient (Wildman–Crippen LogP) is 3.99. The molecule has 25 heavy (non-hydrogen) atoms. The van der Waals surface area contributed by atoms with Crippen LogP contribution in [-0.2, 0) is 14.3 Å². The zero-order chi connectivity index (χ0) is 18.8. The third-order valence-electron chi connectivity index (χ3n) is 3.93. The Balaban J connectivity index is 2.27. The van der Waals surface area contributed by atoms with Crippen LogP contribution >= 0.6 is 27.7 Å². The summed E-state index contributed by atoms with van der Waals surface area (Å²) >= 11 is 4.69. The van der Waals surface area contributed by atoms with Crippen LogP contribution in [0, 0.1) is 17.2 Å². The first-order chi connectivity index (χ1) is 11.7. The van der Waals surface area contributed by atoms with Crippen molar-refractivity contribution in [2.75, 3.05) is 5.75 Å². The number of fused-ring (bicyclic) bond motifs is 1. The van der Waals surface area contributed by atoms with Crippen LogP contribution < -0.4 is 4.74 Å². The smallest absolute Gasteiger partial charge is 0.310 e. The molecule has 0 aliphatic carbocycles. The van der Waals surface area contributed by atoms with Gasteiger partial charge in [0.05, 0.1) is 22.4 Å². The second-order valence-corrected chi connectivity index (χ2v) is 8.72. The van der Waals surface area contributed by atoms with Gasteiger partial charge in [-0.05, 0) is 32.0 Å². The van der Waals surface area contributed by atoms with E-state index in [1.165, 1.54) is 6.92 Å². The van der Waals surface area contributed by atoms with E-state index < -0.39 is 17.6 Å². The summed E-state index contributed by atoms with van der Waals surface area (Å²) in [5.74, 6) is 0.179. The molecule has 1 aliphatic heterocycles. The molecule has 3 atom stereocenters. The van der Waals surface area contributed by atoms with E-state index >= 15 is 0 Å². The quantitative estimate of drug-likeness (QED) is 0.535. The zero-order valence-corrected chi connectivity index (χ0v) is 16.9. The summed E-state index contributed by atoms with van der Waals surface area (Å²) in [6, 6.07) is 7.18. The number of esters is 1. The number of nitrogens with zero attached hydrogens (tertiary/aromatic N) is 1. The number of carbonyl (C=O) groups is 2. The lowest BCUT2D eigenvalue weighted by Crippen LogP contribution is -2.47. The van der Waals surface area contributed by atoms with Crippen LogP contribution in [0.2, 0.25) is 0 Å². The number of alkyl halides is 1. The average Bonchev–Trinajstić information content (AvgIpc) is 2.55. The molecule has 2 rings (SSSR count). The van der Waals surface area contributed by atoms with E-state index in [1.54, 1.807) is 25.1 Å². The first-order valence-corrected chi connectivity index (χ1v) is 9.77. The van der Waals surface area contributed by atoms with Crippen molar-refractivity contribution >= 4 is 38.8 Å². The molecule has 0 radical (unpaired) electrons. The Bertz CT molecular complexity index is 728. The summed E-state index contributed by atoms with van der Waals surface area (Å²) in [5, 5.41) is 9.11. The molecule has 0 unspecified atom stereocenters. The molecule has 1 heterocycles. The Morgan fingerprint density at radius 1 is 1.48 bits per heavy atom. The number of benzene rings is 1. The summed E-state index contributed by atoms with van der Waals surface area (Å²) in [7, 11) is 0. The lowest BCUT2D eigenvalue weighted by atomic mass is 9.90. The number of hydrogen-bond donors (Lipinski definition) is 0. The van der Waals surface area contributed by atoms with E-state index in [0.717, 1.165) is 11.8 Å². The maximum atomic E-state index is 12.5. The van der Waals surface area contributed by atoms with Crippen molar-refractivity contribution < 1.29 is 19.1 Å². The van der Waals surface area contributed by atoms with Crippen LogP contribution in [0.1, 0.15) is 44.9 Å². The lowest BCUT2D eigenvalue weighted by molar-refractivity contribution is -0.156. The van der Waals surface area contributed by atoms with Gasteiger partial charge in [0.15, 0.2) is 5.12 Å². The lowest BCUT2D eigenvalue weighted by Gasteiger charge is -2.41. The molecular weight excluding hydrogens is 406 g/mol. The number of rotatable bonds is 4. The van der Waals surface area contributed by atoms with Gasteiger partial charge in [0.1, 0.15) is 17.5 Å². The van der Waals surface area contributed by atoms with Gasteiger partial charge in [0.2, 0.25) is 0 Å². The zero-order valence-electron chi connectivity index (χ0n) is 14.5. The Labute approximate surface area is 160 Å². The number of nitriles is 1. The van der Waals surface area contributed by atoms with Crippen LogP contribution in [0.4, 0.5) is 0 Å². The summed E-state index contributed by atoms with van der Waals surface area (Å²) in [5.41, 5.74) is 0.548. The van der Waals surface area contributed by atoms with Crippen molar-refractivity contribution in [3.8, 4) is 11.8 Å². The minimum Gasteiger partial charge on any atom is -0.486 e. The maximum absolute atomic E-state index is 12.5. The summed E-state index contributed by atoms with van der Waals surface area (Å²) in [6.45, 7) is 7.02. The van der Waals surface area contributed by atoms with Gasteiger partial charge in [0.25, 0.3) is 0 Å². The maximum Gasteiger partial charge on any atom is 0.310 e. The SMILES string of the molecule is CC(=O)SC[C@@H](C)C(=O)O[C@@H]1c2cc(C#N)ccc2OC(C)(C)[C@H]1Br. The Hall–Kier alpha value is -1.52. The summed E-state index contributed by atoms with van der Waals surface area (Å²) < 4.78 is 11.7. The standard InChI is InChI=1S/C18H20BrNO4S/c1-10(9-25-11(2)21)17(22)23-15-13-7-12(8-20)5-6-14(13)24-18(3,4)16(15)19/h5-7,10,15-16H,9H2,1-4H3/t10-,15-,16+/m1/s1. The predicted molar refractivity (Wildman–Crippen MR) is 99.7 cm³/mol. The van der Waals surface area contributed by atoms with Crippen LogP contribution in [-0.4, -0.2) is 27.3 Å². The Kier molecular flexibility index (Phi) is 6.17. The van der Waals surface area contributed by atoms with Crippen molar-refractivity contribution in [1.29, 1.82) is 5.26 Å². The van der Waals surface area contributed by atoms with Crippen molar-refractivity contribution in [2.45, 2.75) is 44.2 Å². The fourth-order valence-electron chi connectivity index (χ4n) is 2.47. The van der Waals surface area contributed by atoms with Gasteiger partial charge in [-0.25, -0.2) is 0 Å². The van der Waals surface area contributed by atoms with Crippen LogP contribution in [0.3, 0.4) is 0 Å². The third-order valence-corrected chi connectivity index (χ3v) is 6.59. The second-order valence-electron chi connectivity index (χ2n) is 6.53. The number of carbonyl (C=O) groups excluding carboxylic acids is 2. The minimum absolute atomic E-state index is 0.0331. The number of halogens is 1. The van der Waals surface area contributed by atoms with Gasteiger partial charge < -0.3 is 9.47 Å². The highest BCUT2D eigenvalue weighted by Crippen LogP contribution is 2.45. The van der Waals surface area contributed by atoms with E-state index in [1.807, 2.05) is 13.8 Å². The molecule has 0 saturated carbocycles. The molecule has 0 fully saturated rings. The third kappa shape index (κ3) is 4.56. The van der Waals surface area contributed by atoms with Gasteiger partial charge in [-0.3, -0.25) is 9.59 Å². The van der Waals surface area contributed by atoms with Crippen molar-refractivity contribution in [3.05, 3.63) is 29.3 Å². The van der Waals surface area contributed by atoms with Crippen LogP contribution in [0.25, 0.3) is 0 Å². The van der Waals surface area contributed by atoms with Gasteiger partial charge in [-0.1, -0.05) is 34.6 Å². The molecule has 0 spiro atoms. The van der Waals surface area contributed by atoms with Crippen molar-refractivity contribution in [1.82, 2.24) is 0 Å². The molecule has 0 amide bonds. The molecule has 0 N–H and O–H groups in total. The summed E-state index contributed by atoms with van der Waals surface area (Å²) in [4.78, 5) is 23.3. The normalized spacial score (nSPS) is 22.1. The van der Waals surface area contributed by atoms with Crippen molar-refractivity contribution in [3.63, 3.8) is 0 Å². The van der Waals surface area contributed by atoms with E-state index in [0.29, 0.717) is 22.6 Å². The van der Waals surface area contributed by atoms with Crippen LogP contribution in [0.15, 0.2) is 18.2 Å². The van der Waals surface area contributed by atoms with E-state index in [2.05, 4.69) is 22.0 Å². The highest BCUT2D eigenvalue weighted by atomic mass is 79.9. The first-order valence-electron chi connectivity index (χ1n) is 7.86. The van der Waals surface area contributed by atoms with Gasteiger partial charge in [-0.15, -0.1) is 0 Å². The Morgan fingerprint density at radius 2 is 2.16 bits per heavy atom. The first kappa shape index (κ1) is 19.8. The highest BCUT2D eigenvalue weighted by molar-refractivity contribution is 9.09. The van der Waals surface area contributed by atoms with Gasteiger partial charge in [0, 0.05) is 18.2 Å². The molecule has 1 aliphatic rings. The van der Waals surface area contributed by atoms with E-state index in [4.69, 9.17) is 14.7 Å². The van der Waals surface area contributed by atoms with E-state index in [9.17, 15) is 9.59 Å². The monoisotopic (exact) mass is 425 g/mol. The molecule has 0 bridgehead atoms. The fraction of sp³-hybridized carbons (Fsp3) is 0.500. The van der Waals surface area contributed by atoms with Crippen molar-refractivity contribution in [2.24, 2.45) is 5.92 Å². The number of thioether (sulfide) groups is 1. The highest BCUT2D eigenvalue weighted by Gasteiger charge is 2.45. The second kappa shape index (κ2) is 7.79. The van der Waals surface area contributed by atoms with Gasteiger partial charge in [-0.2, -0.15) is 5.26 Å². The largest absolute Gasteiger partial charge is 0.486 e. The molecule has 1 aromatic rings. The van der Waals surface area contributed by atoms with Gasteiger partial charge >= 0.3 is 5.97 Å². The minimum atomic E-state index is -0.594. The number of hydrogen-bond acceptors (Lipinski definition) is 6. The molecule has 5 nitrogen and oxygen atoms in total. The average molecular weight is 426 g/mol. The molecule has 7 heteroatoms. The summed E-state index contributed by atoms with van der Waals surface area (Å²) in [6.07, 6.45) is -0.579. The molecule has 0 saturated heterocycles. The molecular formula is C18H20BrNO4S. The molecule has 1 aromatic carbocycles. The number of ether oxygens (including phenoxy) is 2. The fourth-order valence-corrected chi connectivity index (χ4v) is 3.58. The molecule has 134 valence electrons. The van der Waals surface area contributed by atoms with E-state index in [-0.39, 0.29) is 15.9 Å². The van der Waals surface area contributed by atoms with Crippen LogP contribution in [0.5, 0.6) is 5.75 Å².